The number of hydrogen-bond donors (Lipinski definition) is 0. The number of fused-ring (bicyclic) bond motifs is 1. The van der Waals surface area contributed by atoms with Crippen LogP contribution in [0.1, 0.15) is 23.3 Å². The molecule has 3 heteroatoms. The summed E-state index contributed by atoms with van der Waals surface area (Å²) in [6.07, 6.45) is 3.59. The number of hydrogen-bond acceptors (Lipinski definition) is 2. The summed E-state index contributed by atoms with van der Waals surface area (Å²) in [6, 6.07) is 12.4. The molecule has 2 nitrogen and oxygen atoms in total. The van der Waals surface area contributed by atoms with E-state index in [1.807, 2.05) is 17.0 Å². The Labute approximate surface area is 117 Å². The molecule has 98 valence electrons. The molecule has 1 aromatic heterocycles. The van der Waals surface area contributed by atoms with E-state index in [-0.39, 0.29) is 5.91 Å². The van der Waals surface area contributed by atoms with Crippen LogP contribution < -0.4 is 4.90 Å². The third-order valence-corrected chi connectivity index (χ3v) is 4.52. The fourth-order valence-electron chi connectivity index (χ4n) is 2.60. The molecule has 0 fully saturated rings. The fraction of sp³-hybridized carbons (Fsp3) is 0.312. The van der Waals surface area contributed by atoms with Crippen molar-refractivity contribution in [3.8, 4) is 0 Å². The molecule has 1 aromatic carbocycles. The molecule has 0 saturated heterocycles. The van der Waals surface area contributed by atoms with Crippen molar-refractivity contribution in [2.75, 3.05) is 11.4 Å². The van der Waals surface area contributed by atoms with Crippen molar-refractivity contribution in [2.45, 2.75) is 25.7 Å². The van der Waals surface area contributed by atoms with Crippen molar-refractivity contribution in [1.82, 2.24) is 0 Å². The fourth-order valence-corrected chi connectivity index (χ4v) is 3.35. The maximum atomic E-state index is 12.3. The number of para-hydroxylation sites is 1. The van der Waals surface area contributed by atoms with Crippen LogP contribution in [-0.2, 0) is 17.6 Å². The summed E-state index contributed by atoms with van der Waals surface area (Å²) in [5, 5.41) is 2.09. The van der Waals surface area contributed by atoms with Gasteiger partial charge in [-0.2, -0.15) is 0 Å². The van der Waals surface area contributed by atoms with Gasteiger partial charge in [0.1, 0.15) is 0 Å². The minimum absolute atomic E-state index is 0.265. The molecule has 0 atom stereocenters. The van der Waals surface area contributed by atoms with E-state index in [0.717, 1.165) is 31.5 Å². The van der Waals surface area contributed by atoms with Crippen LogP contribution in [-0.4, -0.2) is 12.5 Å². The average Bonchev–Trinajstić information content (AvgIpc) is 3.07. The minimum atomic E-state index is 0.265. The van der Waals surface area contributed by atoms with E-state index < -0.39 is 0 Å². The third kappa shape index (κ3) is 2.71. The molecule has 0 bridgehead atoms. The summed E-state index contributed by atoms with van der Waals surface area (Å²) in [6.45, 7) is 0.844. The number of carbonyl (C=O) groups excluding carboxylic acids is 1. The van der Waals surface area contributed by atoms with E-state index in [0.29, 0.717) is 6.42 Å². The summed E-state index contributed by atoms with van der Waals surface area (Å²) in [7, 11) is 0. The van der Waals surface area contributed by atoms with Gasteiger partial charge in [-0.1, -0.05) is 24.3 Å². The lowest BCUT2D eigenvalue weighted by molar-refractivity contribution is -0.118. The van der Waals surface area contributed by atoms with E-state index in [9.17, 15) is 4.79 Å². The van der Waals surface area contributed by atoms with Crippen molar-refractivity contribution >= 4 is 22.9 Å². The Bertz CT molecular complexity index is 562. The monoisotopic (exact) mass is 271 g/mol. The van der Waals surface area contributed by atoms with E-state index in [4.69, 9.17) is 0 Å². The number of thiophene rings is 1. The van der Waals surface area contributed by atoms with Crippen LogP contribution >= 0.6 is 11.3 Å². The first kappa shape index (κ1) is 12.4. The highest BCUT2D eigenvalue weighted by Gasteiger charge is 2.23. The summed E-state index contributed by atoms with van der Waals surface area (Å²) in [5.41, 5.74) is 2.41. The molecule has 3 rings (SSSR count). The first-order chi connectivity index (χ1) is 9.34. The molecule has 0 aliphatic carbocycles. The van der Waals surface area contributed by atoms with Crippen molar-refractivity contribution in [3.05, 3.63) is 52.2 Å². The second-order valence-corrected chi connectivity index (χ2v) is 5.89. The SMILES string of the molecule is O=C(CCCc1cccs1)N1CCc2ccccc21. The quantitative estimate of drug-likeness (QED) is 0.831. The van der Waals surface area contributed by atoms with Crippen molar-refractivity contribution < 1.29 is 4.79 Å². The van der Waals surface area contributed by atoms with Gasteiger partial charge in [0.05, 0.1) is 0 Å². The lowest BCUT2D eigenvalue weighted by atomic mass is 10.1. The summed E-state index contributed by atoms with van der Waals surface area (Å²) in [4.78, 5) is 15.6. The van der Waals surface area contributed by atoms with E-state index in [1.165, 1.54) is 10.4 Å². The van der Waals surface area contributed by atoms with Crippen molar-refractivity contribution in [3.63, 3.8) is 0 Å². The number of anilines is 1. The molecule has 0 spiro atoms. The van der Waals surface area contributed by atoms with Gasteiger partial charge in [0.25, 0.3) is 0 Å². The maximum absolute atomic E-state index is 12.3. The van der Waals surface area contributed by atoms with Crippen LogP contribution in [0.4, 0.5) is 5.69 Å². The number of amides is 1. The molecule has 1 aliphatic rings. The second kappa shape index (κ2) is 5.57. The summed E-state index contributed by atoms with van der Waals surface area (Å²) < 4.78 is 0. The minimum Gasteiger partial charge on any atom is -0.312 e. The van der Waals surface area contributed by atoms with Crippen LogP contribution in [0.2, 0.25) is 0 Å². The highest BCUT2D eigenvalue weighted by atomic mass is 32.1. The lowest BCUT2D eigenvalue weighted by Crippen LogP contribution is -2.28. The van der Waals surface area contributed by atoms with Crippen molar-refractivity contribution in [2.24, 2.45) is 0 Å². The summed E-state index contributed by atoms with van der Waals surface area (Å²) >= 11 is 1.77. The maximum Gasteiger partial charge on any atom is 0.227 e. The Balaban J connectivity index is 1.57. The van der Waals surface area contributed by atoms with Crippen molar-refractivity contribution in [1.29, 1.82) is 0 Å². The van der Waals surface area contributed by atoms with E-state index in [1.54, 1.807) is 11.3 Å². The molecule has 19 heavy (non-hydrogen) atoms. The zero-order valence-corrected chi connectivity index (χ0v) is 11.7. The van der Waals surface area contributed by atoms with E-state index >= 15 is 0 Å². The Morgan fingerprint density at radius 3 is 2.95 bits per heavy atom. The number of aryl methyl sites for hydroxylation is 1. The highest BCUT2D eigenvalue weighted by Crippen LogP contribution is 2.28. The zero-order chi connectivity index (χ0) is 13.1. The van der Waals surface area contributed by atoms with Gasteiger partial charge in [-0.3, -0.25) is 4.79 Å². The van der Waals surface area contributed by atoms with Crippen LogP contribution in [0.15, 0.2) is 41.8 Å². The Morgan fingerprint density at radius 1 is 1.21 bits per heavy atom. The molecule has 0 saturated carbocycles. The smallest absolute Gasteiger partial charge is 0.227 e. The average molecular weight is 271 g/mol. The Kier molecular flexibility index (Phi) is 3.65. The third-order valence-electron chi connectivity index (χ3n) is 3.58. The summed E-state index contributed by atoms with van der Waals surface area (Å²) in [5.74, 6) is 0.265. The van der Waals surface area contributed by atoms with Gasteiger partial charge in [0, 0.05) is 23.5 Å². The molecular formula is C16H17NOS. The Hall–Kier alpha value is -1.61. The first-order valence-corrected chi connectivity index (χ1v) is 7.63. The van der Waals surface area contributed by atoms with Gasteiger partial charge >= 0.3 is 0 Å². The van der Waals surface area contributed by atoms with Gasteiger partial charge in [-0.25, -0.2) is 0 Å². The Morgan fingerprint density at radius 2 is 2.11 bits per heavy atom. The topological polar surface area (TPSA) is 20.3 Å². The van der Waals surface area contributed by atoms with Gasteiger partial charge in [-0.05, 0) is 42.3 Å². The molecule has 0 radical (unpaired) electrons. The predicted octanol–water partition coefficient (Wildman–Crippen LogP) is 3.66. The number of benzene rings is 1. The first-order valence-electron chi connectivity index (χ1n) is 6.75. The van der Waals surface area contributed by atoms with Crippen LogP contribution in [0.5, 0.6) is 0 Å². The normalized spacial score (nSPS) is 13.6. The van der Waals surface area contributed by atoms with E-state index in [2.05, 4.69) is 29.6 Å². The molecule has 1 amide bonds. The largest absolute Gasteiger partial charge is 0.312 e. The van der Waals surface area contributed by atoms with Gasteiger partial charge in [0.2, 0.25) is 5.91 Å². The molecule has 2 aromatic rings. The number of rotatable bonds is 4. The van der Waals surface area contributed by atoms with Crippen LogP contribution in [0, 0.1) is 0 Å². The lowest BCUT2D eigenvalue weighted by Gasteiger charge is -2.17. The van der Waals surface area contributed by atoms with Gasteiger partial charge in [0.15, 0.2) is 0 Å². The van der Waals surface area contributed by atoms with Crippen LogP contribution in [0.25, 0.3) is 0 Å². The number of carbonyl (C=O) groups is 1. The molecular weight excluding hydrogens is 254 g/mol. The van der Waals surface area contributed by atoms with Gasteiger partial charge < -0.3 is 4.90 Å². The number of nitrogens with zero attached hydrogens (tertiary/aromatic N) is 1. The molecule has 0 N–H and O–H groups in total. The molecule has 1 aliphatic heterocycles. The highest BCUT2D eigenvalue weighted by molar-refractivity contribution is 7.09. The van der Waals surface area contributed by atoms with Crippen LogP contribution in [0.3, 0.4) is 0 Å². The zero-order valence-electron chi connectivity index (χ0n) is 10.8. The second-order valence-electron chi connectivity index (χ2n) is 4.86. The molecule has 0 unspecified atom stereocenters. The van der Waals surface area contributed by atoms with Gasteiger partial charge in [-0.15, -0.1) is 11.3 Å². The molecule has 2 heterocycles. The standard InChI is InChI=1S/C16H17NOS/c18-16(9-3-6-14-7-4-12-19-14)17-11-10-13-5-1-2-8-15(13)17/h1-2,4-5,7-8,12H,3,6,9-11H2. The predicted molar refractivity (Wildman–Crippen MR) is 79.8 cm³/mol.